The van der Waals surface area contributed by atoms with Gasteiger partial charge >= 0.3 is 0 Å². The first-order valence-electron chi connectivity index (χ1n) is 5.25. The maximum absolute atomic E-state index is 13.1. The zero-order chi connectivity index (χ0) is 12.3. The predicted molar refractivity (Wildman–Crippen MR) is 69.3 cm³/mol. The summed E-state index contributed by atoms with van der Waals surface area (Å²) in [6, 6.07) is 10.3. The summed E-state index contributed by atoms with van der Waals surface area (Å²) < 4.78 is 13.1. The molecule has 0 aliphatic carbocycles. The van der Waals surface area contributed by atoms with Crippen LogP contribution in [-0.4, -0.2) is 4.98 Å². The number of aromatic nitrogens is 1. The van der Waals surface area contributed by atoms with Gasteiger partial charge in [0.15, 0.2) is 0 Å². The van der Waals surface area contributed by atoms with Crippen molar-refractivity contribution in [2.45, 2.75) is 17.6 Å². The number of anilines is 1. The van der Waals surface area contributed by atoms with Gasteiger partial charge in [0.05, 0.1) is 5.69 Å². The molecule has 17 heavy (non-hydrogen) atoms. The molecule has 1 heterocycles. The first-order chi connectivity index (χ1) is 8.15. The van der Waals surface area contributed by atoms with E-state index in [-0.39, 0.29) is 5.82 Å². The average Bonchev–Trinajstić information content (AvgIpc) is 2.30. The molecule has 0 spiro atoms. The summed E-state index contributed by atoms with van der Waals surface area (Å²) in [4.78, 5) is 5.14. The number of thioether (sulfide) groups is 1. The molecule has 2 rings (SSSR count). The second-order valence-corrected chi connectivity index (χ2v) is 4.76. The Bertz CT molecular complexity index is 529. The van der Waals surface area contributed by atoms with Gasteiger partial charge in [0.2, 0.25) is 0 Å². The van der Waals surface area contributed by atoms with Crippen molar-refractivity contribution < 1.29 is 4.39 Å². The van der Waals surface area contributed by atoms with Crippen LogP contribution in [0.5, 0.6) is 0 Å². The van der Waals surface area contributed by atoms with E-state index in [9.17, 15) is 4.39 Å². The van der Waals surface area contributed by atoms with E-state index in [2.05, 4.69) is 4.98 Å². The number of nitrogen functional groups attached to an aromatic ring is 1. The molecular weight excluding hydrogens is 235 g/mol. The molecule has 0 saturated carbocycles. The van der Waals surface area contributed by atoms with Crippen LogP contribution in [-0.2, 0) is 5.75 Å². The molecule has 2 nitrogen and oxygen atoms in total. The maximum Gasteiger partial charge on any atom is 0.124 e. The number of halogens is 1. The lowest BCUT2D eigenvalue weighted by atomic mass is 10.3. The fourth-order valence-corrected chi connectivity index (χ4v) is 2.36. The van der Waals surface area contributed by atoms with Crippen LogP contribution in [0.1, 0.15) is 11.4 Å². The Morgan fingerprint density at radius 3 is 2.88 bits per heavy atom. The second kappa shape index (κ2) is 5.19. The van der Waals surface area contributed by atoms with E-state index < -0.39 is 0 Å². The van der Waals surface area contributed by atoms with Gasteiger partial charge in [-0.05, 0) is 37.3 Å². The van der Waals surface area contributed by atoms with Crippen molar-refractivity contribution in [3.63, 3.8) is 0 Å². The summed E-state index contributed by atoms with van der Waals surface area (Å²) in [5.74, 6) is 0.425. The van der Waals surface area contributed by atoms with Crippen molar-refractivity contribution in [1.82, 2.24) is 4.98 Å². The topological polar surface area (TPSA) is 38.9 Å². The van der Waals surface area contributed by atoms with Gasteiger partial charge in [0.1, 0.15) is 5.82 Å². The third-order valence-electron chi connectivity index (χ3n) is 2.30. The average molecular weight is 248 g/mol. The Hall–Kier alpha value is -1.55. The Morgan fingerprint density at radius 2 is 2.12 bits per heavy atom. The number of aryl methyl sites for hydroxylation is 1. The van der Waals surface area contributed by atoms with Crippen LogP contribution in [0.3, 0.4) is 0 Å². The van der Waals surface area contributed by atoms with Crippen molar-refractivity contribution in [1.29, 1.82) is 0 Å². The summed E-state index contributed by atoms with van der Waals surface area (Å²) in [5.41, 5.74) is 8.33. The molecule has 1 aromatic heterocycles. The van der Waals surface area contributed by atoms with E-state index in [0.29, 0.717) is 11.4 Å². The quantitative estimate of drug-likeness (QED) is 0.668. The van der Waals surface area contributed by atoms with E-state index >= 15 is 0 Å². The van der Waals surface area contributed by atoms with Crippen molar-refractivity contribution >= 4 is 17.4 Å². The molecule has 2 N–H and O–H groups in total. The molecule has 0 amide bonds. The SMILES string of the molecule is Cc1cccc(CSc2cc(F)ccc2N)n1. The number of hydrogen-bond donors (Lipinski definition) is 1. The molecule has 0 aliphatic rings. The number of benzene rings is 1. The minimum absolute atomic E-state index is 0.265. The lowest BCUT2D eigenvalue weighted by molar-refractivity contribution is 0.624. The molecule has 0 aliphatic heterocycles. The van der Waals surface area contributed by atoms with Crippen molar-refractivity contribution in [2.75, 3.05) is 5.73 Å². The van der Waals surface area contributed by atoms with Crippen molar-refractivity contribution in [3.05, 3.63) is 53.6 Å². The van der Waals surface area contributed by atoms with Crippen LogP contribution in [0.4, 0.5) is 10.1 Å². The Kier molecular flexibility index (Phi) is 3.64. The zero-order valence-electron chi connectivity index (χ0n) is 9.48. The monoisotopic (exact) mass is 248 g/mol. The molecule has 2 aromatic rings. The smallest absolute Gasteiger partial charge is 0.124 e. The van der Waals surface area contributed by atoms with Crippen LogP contribution < -0.4 is 5.73 Å². The Balaban J connectivity index is 2.09. The molecule has 4 heteroatoms. The van der Waals surface area contributed by atoms with E-state index in [1.807, 2.05) is 25.1 Å². The lowest BCUT2D eigenvalue weighted by Crippen LogP contribution is -1.92. The standard InChI is InChI=1S/C13H13FN2S/c1-9-3-2-4-11(16-9)8-17-13-7-10(14)5-6-12(13)15/h2-7H,8,15H2,1H3. The number of nitrogens with zero attached hydrogens (tertiary/aromatic N) is 1. The highest BCUT2D eigenvalue weighted by Crippen LogP contribution is 2.28. The van der Waals surface area contributed by atoms with Gasteiger partial charge in [-0.3, -0.25) is 4.98 Å². The van der Waals surface area contributed by atoms with Crippen LogP contribution >= 0.6 is 11.8 Å². The predicted octanol–water partition coefficient (Wildman–Crippen LogP) is 3.40. The van der Waals surface area contributed by atoms with Gasteiger partial charge in [-0.15, -0.1) is 11.8 Å². The first-order valence-corrected chi connectivity index (χ1v) is 6.24. The number of nitrogens with two attached hydrogens (primary N) is 1. The van der Waals surface area contributed by atoms with Gasteiger partial charge in [-0.25, -0.2) is 4.39 Å². The summed E-state index contributed by atoms with van der Waals surface area (Å²) in [5, 5.41) is 0. The third kappa shape index (κ3) is 3.20. The van der Waals surface area contributed by atoms with Crippen LogP contribution in [0, 0.1) is 12.7 Å². The molecule has 0 radical (unpaired) electrons. The van der Waals surface area contributed by atoms with E-state index in [0.717, 1.165) is 16.3 Å². The summed E-state index contributed by atoms with van der Waals surface area (Å²) in [6.07, 6.45) is 0. The molecular formula is C13H13FN2S. The van der Waals surface area contributed by atoms with E-state index in [1.165, 1.54) is 23.9 Å². The molecule has 0 atom stereocenters. The summed E-state index contributed by atoms with van der Waals surface area (Å²) in [6.45, 7) is 1.95. The van der Waals surface area contributed by atoms with E-state index in [4.69, 9.17) is 5.73 Å². The third-order valence-corrected chi connectivity index (χ3v) is 3.40. The molecule has 0 saturated heterocycles. The highest BCUT2D eigenvalue weighted by atomic mass is 32.2. The maximum atomic E-state index is 13.1. The normalized spacial score (nSPS) is 10.5. The lowest BCUT2D eigenvalue weighted by Gasteiger charge is -2.05. The number of pyridine rings is 1. The number of rotatable bonds is 3. The van der Waals surface area contributed by atoms with Gasteiger partial charge in [-0.1, -0.05) is 6.07 Å². The molecule has 88 valence electrons. The Labute approximate surface area is 104 Å². The molecule has 1 aromatic carbocycles. The number of hydrogen-bond acceptors (Lipinski definition) is 3. The summed E-state index contributed by atoms with van der Waals surface area (Å²) in [7, 11) is 0. The van der Waals surface area contributed by atoms with Crippen LogP contribution in [0.2, 0.25) is 0 Å². The molecule has 0 unspecified atom stereocenters. The van der Waals surface area contributed by atoms with Crippen molar-refractivity contribution in [3.8, 4) is 0 Å². The first kappa shape index (κ1) is 11.9. The summed E-state index contributed by atoms with van der Waals surface area (Å²) >= 11 is 1.50. The van der Waals surface area contributed by atoms with E-state index in [1.54, 1.807) is 6.07 Å². The largest absolute Gasteiger partial charge is 0.398 e. The van der Waals surface area contributed by atoms with Gasteiger partial charge in [0.25, 0.3) is 0 Å². The molecule has 0 fully saturated rings. The van der Waals surface area contributed by atoms with Crippen molar-refractivity contribution in [2.24, 2.45) is 0 Å². The fourth-order valence-electron chi connectivity index (χ4n) is 1.46. The second-order valence-electron chi connectivity index (χ2n) is 3.74. The fraction of sp³-hybridized carbons (Fsp3) is 0.154. The van der Waals surface area contributed by atoms with Gasteiger partial charge in [-0.2, -0.15) is 0 Å². The highest BCUT2D eigenvalue weighted by molar-refractivity contribution is 7.98. The minimum atomic E-state index is -0.265. The van der Waals surface area contributed by atoms with Crippen LogP contribution in [0.25, 0.3) is 0 Å². The zero-order valence-corrected chi connectivity index (χ0v) is 10.3. The highest BCUT2D eigenvalue weighted by Gasteiger charge is 2.03. The van der Waals surface area contributed by atoms with Gasteiger partial charge < -0.3 is 5.73 Å². The minimum Gasteiger partial charge on any atom is -0.398 e. The molecule has 0 bridgehead atoms. The van der Waals surface area contributed by atoms with Crippen LogP contribution in [0.15, 0.2) is 41.3 Å². The van der Waals surface area contributed by atoms with Gasteiger partial charge in [0, 0.05) is 22.0 Å². The Morgan fingerprint density at radius 1 is 1.29 bits per heavy atom.